The average molecular weight is 511 g/mol. The molecule has 194 valence electrons. The molecule has 0 spiro atoms. The summed E-state index contributed by atoms with van der Waals surface area (Å²) in [6.07, 6.45) is 6.20. The molecule has 0 saturated carbocycles. The predicted molar refractivity (Wildman–Crippen MR) is 154 cm³/mol. The first-order valence-corrected chi connectivity index (χ1v) is 13.0. The van der Waals surface area contributed by atoms with Gasteiger partial charge in [-0.15, -0.1) is 11.8 Å². The number of amides is 2. The lowest BCUT2D eigenvalue weighted by atomic mass is 10.1. The molecule has 36 heavy (non-hydrogen) atoms. The number of hydrogen-bond acceptors (Lipinski definition) is 5. The van der Waals surface area contributed by atoms with Crippen molar-refractivity contribution in [1.29, 1.82) is 0 Å². The number of methoxy groups -OCH3 is 1. The topological polar surface area (TPSA) is 91.8 Å². The minimum atomic E-state index is -0.325. The molecule has 0 heterocycles. The number of nitrogens with zero attached hydrogens (tertiary/aromatic N) is 1. The Kier molecular flexibility index (Phi) is 13.7. The Morgan fingerprint density at radius 3 is 2.36 bits per heavy atom. The number of benzene rings is 2. The number of amidine groups is 1. The van der Waals surface area contributed by atoms with Crippen LogP contribution in [0.4, 0.5) is 11.4 Å². The standard InChI is InChI=1S/C24H28N4O3S.C4H10/c1-7-20(22(25-4)26-16(3)32-6)24(30)28-21-14-18(12-11-15(21)2)27-23(29)17-9-8-10-19(13-17)31-5;1-3-4-2/h7-14H,3H2,1-2,4-6H3,(H,25,26)(H,27,29)(H,28,30);3-4H2,1-2H3/b20-7+;. The highest BCUT2D eigenvalue weighted by atomic mass is 32.2. The number of anilines is 2. The van der Waals surface area contributed by atoms with E-state index in [9.17, 15) is 9.59 Å². The fourth-order valence-electron chi connectivity index (χ4n) is 2.79. The van der Waals surface area contributed by atoms with Crippen molar-refractivity contribution in [3.8, 4) is 5.75 Å². The number of allylic oxidation sites excluding steroid dienone is 1. The van der Waals surface area contributed by atoms with Gasteiger partial charge in [0.2, 0.25) is 0 Å². The molecule has 0 aliphatic heterocycles. The maximum absolute atomic E-state index is 13.0. The van der Waals surface area contributed by atoms with E-state index in [2.05, 4.69) is 41.4 Å². The molecule has 0 fully saturated rings. The van der Waals surface area contributed by atoms with Crippen molar-refractivity contribution in [3.05, 3.63) is 76.8 Å². The first-order valence-electron chi connectivity index (χ1n) is 11.7. The van der Waals surface area contributed by atoms with Gasteiger partial charge in [-0.2, -0.15) is 0 Å². The molecule has 0 atom stereocenters. The number of carbonyl (C=O) groups is 2. The van der Waals surface area contributed by atoms with E-state index in [-0.39, 0.29) is 11.8 Å². The summed E-state index contributed by atoms with van der Waals surface area (Å²) in [7, 11) is 3.15. The summed E-state index contributed by atoms with van der Waals surface area (Å²) >= 11 is 1.43. The minimum absolute atomic E-state index is 0.278. The van der Waals surface area contributed by atoms with Gasteiger partial charge in [0.1, 0.15) is 11.6 Å². The van der Waals surface area contributed by atoms with Crippen LogP contribution >= 0.6 is 11.8 Å². The third kappa shape index (κ3) is 9.62. The van der Waals surface area contributed by atoms with Gasteiger partial charge in [-0.3, -0.25) is 14.6 Å². The van der Waals surface area contributed by atoms with Crippen LogP contribution in [-0.2, 0) is 4.79 Å². The van der Waals surface area contributed by atoms with Crippen molar-refractivity contribution < 1.29 is 14.3 Å². The van der Waals surface area contributed by atoms with Crippen LogP contribution in [0.2, 0.25) is 0 Å². The Hall–Kier alpha value is -3.52. The van der Waals surface area contributed by atoms with Gasteiger partial charge in [-0.05, 0) is 56.0 Å². The van der Waals surface area contributed by atoms with Crippen LogP contribution in [0.15, 0.2) is 70.7 Å². The zero-order chi connectivity index (χ0) is 27.1. The normalized spacial score (nSPS) is 11.1. The van der Waals surface area contributed by atoms with Crippen LogP contribution < -0.4 is 20.7 Å². The van der Waals surface area contributed by atoms with Crippen LogP contribution in [-0.4, -0.2) is 38.1 Å². The zero-order valence-corrected chi connectivity index (χ0v) is 23.1. The van der Waals surface area contributed by atoms with Crippen LogP contribution in [0.25, 0.3) is 0 Å². The summed E-state index contributed by atoms with van der Waals surface area (Å²) in [6, 6.07) is 12.2. The summed E-state index contributed by atoms with van der Waals surface area (Å²) < 4.78 is 5.17. The van der Waals surface area contributed by atoms with Gasteiger partial charge in [-0.1, -0.05) is 51.5 Å². The smallest absolute Gasteiger partial charge is 0.259 e. The van der Waals surface area contributed by atoms with Gasteiger partial charge in [0.25, 0.3) is 11.8 Å². The fourth-order valence-corrected chi connectivity index (χ4v) is 2.99. The molecule has 2 rings (SSSR count). The maximum atomic E-state index is 13.0. The van der Waals surface area contributed by atoms with E-state index >= 15 is 0 Å². The molecule has 0 unspecified atom stereocenters. The van der Waals surface area contributed by atoms with Crippen LogP contribution in [0.1, 0.15) is 49.5 Å². The highest BCUT2D eigenvalue weighted by Gasteiger charge is 2.17. The molecule has 0 saturated heterocycles. The number of unbranched alkanes of at least 4 members (excludes halogenated alkanes) is 1. The zero-order valence-electron chi connectivity index (χ0n) is 22.3. The van der Waals surface area contributed by atoms with Gasteiger partial charge in [-0.25, -0.2) is 0 Å². The molecule has 3 N–H and O–H groups in total. The molecule has 2 amide bonds. The van der Waals surface area contributed by atoms with E-state index < -0.39 is 0 Å². The van der Waals surface area contributed by atoms with Crippen molar-refractivity contribution >= 4 is 40.8 Å². The Morgan fingerprint density at radius 1 is 1.11 bits per heavy atom. The molecule has 0 aromatic heterocycles. The predicted octanol–water partition coefficient (Wildman–Crippen LogP) is 6.40. The summed E-state index contributed by atoms with van der Waals surface area (Å²) in [5.74, 6) is 0.414. The molecule has 7 nitrogen and oxygen atoms in total. The SMILES string of the molecule is C=C(NC(=NC)/C(=C\C)C(=O)Nc1cc(NC(=O)c2cccc(OC)c2)ccc1C)SC.CCCC. The van der Waals surface area contributed by atoms with Crippen LogP contribution in [0, 0.1) is 6.92 Å². The van der Waals surface area contributed by atoms with Crippen LogP contribution in [0.5, 0.6) is 5.75 Å². The lowest BCUT2D eigenvalue weighted by Gasteiger charge is -2.15. The lowest BCUT2D eigenvalue weighted by molar-refractivity contribution is -0.112. The number of nitrogens with one attached hydrogen (secondary N) is 3. The molecular weight excluding hydrogens is 472 g/mol. The van der Waals surface area contributed by atoms with Gasteiger partial charge in [0.15, 0.2) is 0 Å². The highest BCUT2D eigenvalue weighted by molar-refractivity contribution is 8.02. The summed E-state index contributed by atoms with van der Waals surface area (Å²) in [6.45, 7) is 11.9. The van der Waals surface area contributed by atoms with Crippen molar-refractivity contribution in [2.24, 2.45) is 4.99 Å². The van der Waals surface area contributed by atoms with Crippen molar-refractivity contribution in [3.63, 3.8) is 0 Å². The monoisotopic (exact) mass is 510 g/mol. The van der Waals surface area contributed by atoms with E-state index in [1.165, 1.54) is 24.6 Å². The molecule has 2 aromatic rings. The molecule has 0 radical (unpaired) electrons. The number of hydrogen-bond donors (Lipinski definition) is 3. The number of thioether (sulfide) groups is 1. The number of aliphatic imine (C=N–C) groups is 1. The third-order valence-corrected chi connectivity index (χ3v) is 5.69. The third-order valence-electron chi connectivity index (χ3n) is 5.09. The first kappa shape index (κ1) is 30.5. The van der Waals surface area contributed by atoms with Crippen molar-refractivity contribution in [2.45, 2.75) is 40.5 Å². The molecule has 0 aliphatic rings. The quantitative estimate of drug-likeness (QED) is 0.206. The lowest BCUT2D eigenvalue weighted by Crippen LogP contribution is -2.30. The summed E-state index contributed by atoms with van der Waals surface area (Å²) in [5, 5.41) is 9.47. The van der Waals surface area contributed by atoms with E-state index in [0.717, 1.165) is 5.56 Å². The minimum Gasteiger partial charge on any atom is -0.497 e. The molecule has 0 bridgehead atoms. The van der Waals surface area contributed by atoms with E-state index in [1.54, 1.807) is 63.6 Å². The first-order chi connectivity index (χ1) is 17.2. The summed E-state index contributed by atoms with van der Waals surface area (Å²) in [4.78, 5) is 29.7. The Labute approximate surface area is 219 Å². The molecule has 2 aromatic carbocycles. The molecular formula is C28H38N4O3S. The second-order valence-corrected chi connectivity index (χ2v) is 8.60. The van der Waals surface area contributed by atoms with Gasteiger partial charge in [0.05, 0.1) is 17.7 Å². The van der Waals surface area contributed by atoms with E-state index in [1.807, 2.05) is 19.2 Å². The van der Waals surface area contributed by atoms with E-state index in [0.29, 0.717) is 39.1 Å². The number of ether oxygens (including phenoxy) is 1. The fraction of sp³-hybridized carbons (Fsp3) is 0.321. The van der Waals surface area contributed by atoms with Crippen molar-refractivity contribution in [2.75, 3.05) is 31.0 Å². The number of rotatable bonds is 9. The Morgan fingerprint density at radius 2 is 1.81 bits per heavy atom. The second kappa shape index (κ2) is 16.2. The van der Waals surface area contributed by atoms with Gasteiger partial charge in [0, 0.05) is 24.0 Å². The highest BCUT2D eigenvalue weighted by Crippen LogP contribution is 2.22. The number of carbonyl (C=O) groups excluding carboxylic acids is 2. The molecule has 8 heteroatoms. The molecule has 0 aliphatic carbocycles. The van der Waals surface area contributed by atoms with E-state index in [4.69, 9.17) is 4.74 Å². The van der Waals surface area contributed by atoms with Gasteiger partial charge >= 0.3 is 0 Å². The Bertz CT molecular complexity index is 1110. The average Bonchev–Trinajstić information content (AvgIpc) is 2.90. The largest absolute Gasteiger partial charge is 0.497 e. The van der Waals surface area contributed by atoms with Crippen LogP contribution in [0.3, 0.4) is 0 Å². The second-order valence-electron chi connectivity index (χ2n) is 7.70. The summed E-state index contributed by atoms with van der Waals surface area (Å²) in [5.41, 5.74) is 2.84. The Balaban J connectivity index is 0.00000150. The van der Waals surface area contributed by atoms with Crippen molar-refractivity contribution in [1.82, 2.24) is 5.32 Å². The van der Waals surface area contributed by atoms with Gasteiger partial charge < -0.3 is 20.7 Å². The number of aryl methyl sites for hydroxylation is 1. The maximum Gasteiger partial charge on any atom is 0.259 e.